The van der Waals surface area contributed by atoms with Crippen molar-refractivity contribution in [3.8, 4) is 0 Å². The van der Waals surface area contributed by atoms with Crippen LogP contribution in [-0.2, 0) is 20.5 Å². The fraction of sp³-hybridized carbons (Fsp3) is 0.938. The molecule has 0 heterocycles. The summed E-state index contributed by atoms with van der Waals surface area (Å²) in [7, 11) is -1.94. The fourth-order valence-corrected chi connectivity index (χ4v) is 3.77. The van der Waals surface area contributed by atoms with Gasteiger partial charge in [0.05, 0.1) is 28.3 Å². The van der Waals surface area contributed by atoms with Crippen molar-refractivity contribution in [3.05, 3.63) is 0 Å². The largest absolute Gasteiger partial charge is 0.466 e. The monoisotopic (exact) mass is 371 g/mol. The Morgan fingerprint density at radius 1 is 1.25 bits per heavy atom. The van der Waals surface area contributed by atoms with Crippen LogP contribution in [0.4, 0.5) is 13.2 Å². The van der Waals surface area contributed by atoms with Crippen molar-refractivity contribution >= 4 is 17.0 Å². The maximum absolute atomic E-state index is 13.6. The van der Waals surface area contributed by atoms with Crippen LogP contribution in [0.15, 0.2) is 0 Å². The van der Waals surface area contributed by atoms with Crippen molar-refractivity contribution in [2.24, 2.45) is 11.8 Å². The molecular formula is C16H28F3NO3S. The average Bonchev–Trinajstić information content (AvgIpc) is 2.93. The number of alkyl halides is 3. The van der Waals surface area contributed by atoms with Gasteiger partial charge in [0.2, 0.25) is 0 Å². The quantitative estimate of drug-likeness (QED) is 0.694. The lowest BCUT2D eigenvalue weighted by molar-refractivity contribution is -0.180. The van der Waals surface area contributed by atoms with Crippen LogP contribution < -0.4 is 4.72 Å². The van der Waals surface area contributed by atoms with Crippen LogP contribution in [0.1, 0.15) is 59.8 Å². The summed E-state index contributed by atoms with van der Waals surface area (Å²) in [6.07, 6.45) is -0.990. The minimum atomic E-state index is -4.68. The molecule has 0 unspecified atom stereocenters. The number of halogens is 3. The molecule has 1 fully saturated rings. The maximum atomic E-state index is 13.6. The molecule has 24 heavy (non-hydrogen) atoms. The van der Waals surface area contributed by atoms with Gasteiger partial charge in [0.15, 0.2) is 0 Å². The molecule has 0 aromatic carbocycles. The first kappa shape index (κ1) is 21.4. The van der Waals surface area contributed by atoms with Gasteiger partial charge in [-0.3, -0.25) is 4.79 Å². The van der Waals surface area contributed by atoms with Gasteiger partial charge < -0.3 is 4.74 Å². The number of carbonyl (C=O) groups excluding carboxylic acids is 1. The molecule has 0 spiro atoms. The van der Waals surface area contributed by atoms with E-state index in [0.29, 0.717) is 0 Å². The summed E-state index contributed by atoms with van der Waals surface area (Å²) in [5, 5.41) is 0. The second kappa shape index (κ2) is 8.65. The highest BCUT2D eigenvalue weighted by atomic mass is 32.2. The van der Waals surface area contributed by atoms with E-state index in [4.69, 9.17) is 4.74 Å². The van der Waals surface area contributed by atoms with E-state index in [1.165, 1.54) is 0 Å². The predicted octanol–water partition coefficient (Wildman–Crippen LogP) is 3.73. The lowest BCUT2D eigenvalue weighted by Gasteiger charge is -2.31. The molecule has 0 amide bonds. The van der Waals surface area contributed by atoms with Gasteiger partial charge in [0.1, 0.15) is 6.04 Å². The molecule has 8 heteroatoms. The van der Waals surface area contributed by atoms with E-state index in [9.17, 15) is 22.2 Å². The van der Waals surface area contributed by atoms with Crippen LogP contribution in [0.2, 0.25) is 0 Å². The summed E-state index contributed by atoms with van der Waals surface area (Å²) in [5.74, 6) is -2.17. The Kier molecular flexibility index (Phi) is 7.72. The molecule has 0 saturated heterocycles. The van der Waals surface area contributed by atoms with Crippen LogP contribution in [-0.4, -0.2) is 33.8 Å². The van der Waals surface area contributed by atoms with Crippen molar-refractivity contribution in [3.63, 3.8) is 0 Å². The highest BCUT2D eigenvalue weighted by molar-refractivity contribution is 7.84. The van der Waals surface area contributed by atoms with Gasteiger partial charge in [0.25, 0.3) is 0 Å². The van der Waals surface area contributed by atoms with Gasteiger partial charge in [-0.1, -0.05) is 25.7 Å². The second-order valence-electron chi connectivity index (χ2n) is 7.26. The van der Waals surface area contributed by atoms with Gasteiger partial charge in [-0.05, 0) is 40.0 Å². The minimum Gasteiger partial charge on any atom is -0.466 e. The van der Waals surface area contributed by atoms with E-state index >= 15 is 0 Å². The van der Waals surface area contributed by atoms with Gasteiger partial charge in [-0.2, -0.15) is 13.2 Å². The van der Waals surface area contributed by atoms with Crippen molar-refractivity contribution in [1.82, 2.24) is 4.72 Å². The summed E-state index contributed by atoms with van der Waals surface area (Å²) in [6.45, 7) is 6.33. The molecule has 3 atom stereocenters. The van der Waals surface area contributed by atoms with Crippen molar-refractivity contribution < 1.29 is 26.9 Å². The molecule has 0 aliphatic heterocycles. The summed E-state index contributed by atoms with van der Waals surface area (Å²) in [6, 6.07) is -2.17. The standard InChI is InChI=1S/C16H28F3NO3S/c1-5-23-14(21)12(10-11-8-6-7-9-11)13(16(17,18)19)20-24(22)15(2,3)4/h11-13,20H,5-10H2,1-4H3/t12-,13-,24-/m0/s1. The molecule has 1 rings (SSSR count). The summed E-state index contributed by atoms with van der Waals surface area (Å²) in [4.78, 5) is 12.2. The Balaban J connectivity index is 3.04. The SMILES string of the molecule is CCOC(=O)[C@@H](CC1CCCC1)[C@H](N[S@@](=O)C(C)(C)C)C(F)(F)F. The first-order valence-electron chi connectivity index (χ1n) is 8.38. The molecule has 0 aromatic rings. The van der Waals surface area contributed by atoms with Crippen molar-refractivity contribution in [2.45, 2.75) is 76.8 Å². The number of carbonyl (C=O) groups is 1. The van der Waals surface area contributed by atoms with E-state index in [0.717, 1.165) is 25.7 Å². The average molecular weight is 371 g/mol. The van der Waals surface area contributed by atoms with Crippen LogP contribution in [0.5, 0.6) is 0 Å². The number of nitrogens with one attached hydrogen (secondary N) is 1. The molecule has 1 aliphatic carbocycles. The summed E-state index contributed by atoms with van der Waals surface area (Å²) >= 11 is 0. The van der Waals surface area contributed by atoms with Gasteiger partial charge in [-0.25, -0.2) is 8.93 Å². The van der Waals surface area contributed by atoms with E-state index in [1.54, 1.807) is 27.7 Å². The normalized spacial score (nSPS) is 20.6. The number of rotatable bonds is 7. The number of hydrogen-bond donors (Lipinski definition) is 1. The van der Waals surface area contributed by atoms with Gasteiger partial charge >= 0.3 is 12.1 Å². The van der Waals surface area contributed by atoms with Crippen LogP contribution in [0, 0.1) is 11.8 Å². The third-order valence-electron chi connectivity index (χ3n) is 4.20. The summed E-state index contributed by atoms with van der Waals surface area (Å²) in [5.41, 5.74) is 0. The molecule has 4 nitrogen and oxygen atoms in total. The Hall–Kier alpha value is -0.630. The van der Waals surface area contributed by atoms with Crippen LogP contribution in [0.25, 0.3) is 0 Å². The van der Waals surface area contributed by atoms with Crippen LogP contribution in [0.3, 0.4) is 0 Å². The lowest BCUT2D eigenvalue weighted by atomic mass is 9.88. The third kappa shape index (κ3) is 6.35. The zero-order valence-corrected chi connectivity index (χ0v) is 15.6. The van der Waals surface area contributed by atoms with Crippen LogP contribution >= 0.6 is 0 Å². The molecule has 1 saturated carbocycles. The van der Waals surface area contributed by atoms with E-state index in [2.05, 4.69) is 4.72 Å². The van der Waals surface area contributed by atoms with E-state index in [-0.39, 0.29) is 18.9 Å². The smallest absolute Gasteiger partial charge is 0.405 e. The Labute approximate surface area is 144 Å². The number of hydrogen-bond acceptors (Lipinski definition) is 3. The molecule has 0 aromatic heterocycles. The molecule has 0 bridgehead atoms. The first-order valence-corrected chi connectivity index (χ1v) is 9.53. The van der Waals surface area contributed by atoms with Gasteiger partial charge in [-0.15, -0.1) is 0 Å². The third-order valence-corrected chi connectivity index (χ3v) is 5.78. The Morgan fingerprint density at radius 2 is 1.79 bits per heavy atom. The molecule has 1 aliphatic rings. The molecular weight excluding hydrogens is 343 g/mol. The van der Waals surface area contributed by atoms with Gasteiger partial charge in [0, 0.05) is 0 Å². The second-order valence-corrected chi connectivity index (χ2v) is 9.26. The lowest BCUT2D eigenvalue weighted by Crippen LogP contribution is -2.54. The Morgan fingerprint density at radius 3 is 2.21 bits per heavy atom. The van der Waals surface area contributed by atoms with Crippen molar-refractivity contribution in [2.75, 3.05) is 6.61 Å². The zero-order chi connectivity index (χ0) is 18.5. The number of ether oxygens (including phenoxy) is 1. The Bertz CT molecular complexity index is 443. The fourth-order valence-electron chi connectivity index (χ4n) is 2.89. The highest BCUT2D eigenvalue weighted by Gasteiger charge is 2.50. The maximum Gasteiger partial charge on any atom is 0.405 e. The minimum absolute atomic E-state index is 0.0208. The molecule has 1 N–H and O–H groups in total. The van der Waals surface area contributed by atoms with E-state index < -0.39 is 39.8 Å². The number of esters is 1. The van der Waals surface area contributed by atoms with E-state index in [1.807, 2.05) is 0 Å². The topological polar surface area (TPSA) is 55.4 Å². The predicted molar refractivity (Wildman–Crippen MR) is 87.6 cm³/mol. The molecule has 142 valence electrons. The zero-order valence-electron chi connectivity index (χ0n) is 14.7. The summed E-state index contributed by atoms with van der Waals surface area (Å²) < 4.78 is 59.1. The highest BCUT2D eigenvalue weighted by Crippen LogP contribution is 2.36. The first-order chi connectivity index (χ1) is 11.0. The van der Waals surface area contributed by atoms with Crippen molar-refractivity contribution in [1.29, 1.82) is 0 Å². The molecule has 0 radical (unpaired) electrons.